The first kappa shape index (κ1) is 14.5. The predicted octanol–water partition coefficient (Wildman–Crippen LogP) is 3.58. The monoisotopic (exact) mass is 313 g/mol. The average molecular weight is 314 g/mol. The first-order chi connectivity index (χ1) is 9.47. The summed E-state index contributed by atoms with van der Waals surface area (Å²) in [5, 5.41) is 11.5. The van der Waals surface area contributed by atoms with E-state index in [0.29, 0.717) is 5.02 Å². The molecule has 8 heteroatoms. The van der Waals surface area contributed by atoms with Crippen LogP contribution in [-0.4, -0.2) is 14.9 Å². The van der Waals surface area contributed by atoms with Gasteiger partial charge in [-0.1, -0.05) is 23.7 Å². The fraction of sp³-hybridized carbons (Fsp3) is 0.167. The highest BCUT2D eigenvalue weighted by atomic mass is 35.5. The molecule has 0 aliphatic carbocycles. The summed E-state index contributed by atoms with van der Waals surface area (Å²) in [6.45, 7) is 1.59. The Morgan fingerprint density at radius 1 is 1.25 bits per heavy atom. The van der Waals surface area contributed by atoms with E-state index in [4.69, 9.17) is 27.9 Å². The van der Waals surface area contributed by atoms with E-state index in [1.165, 1.54) is 6.92 Å². The van der Waals surface area contributed by atoms with Gasteiger partial charge in [0.25, 0.3) is 5.88 Å². The van der Waals surface area contributed by atoms with Crippen LogP contribution in [0.4, 0.5) is 5.69 Å². The summed E-state index contributed by atoms with van der Waals surface area (Å²) in [5.74, 6) is -0.151. The van der Waals surface area contributed by atoms with Crippen molar-refractivity contribution in [3.63, 3.8) is 0 Å². The smallest absolute Gasteiger partial charge is 0.352 e. The highest BCUT2D eigenvalue weighted by Crippen LogP contribution is 2.29. The molecule has 1 aromatic heterocycles. The number of rotatable bonds is 4. The standard InChI is InChI=1S/C12H9Cl2N3O3/c1-7-10(17(18)19)11(16-12(14)15-7)20-6-8-2-4-9(13)5-3-8/h2-5H,6H2,1H3. The molecule has 0 saturated heterocycles. The lowest BCUT2D eigenvalue weighted by atomic mass is 10.2. The fourth-order valence-corrected chi connectivity index (χ4v) is 1.88. The number of halogens is 2. The molecule has 0 aliphatic heterocycles. The molecule has 0 bridgehead atoms. The van der Waals surface area contributed by atoms with Crippen molar-refractivity contribution in [3.8, 4) is 5.88 Å². The molecule has 0 N–H and O–H groups in total. The lowest BCUT2D eigenvalue weighted by molar-refractivity contribution is -0.387. The summed E-state index contributed by atoms with van der Waals surface area (Å²) in [4.78, 5) is 17.9. The molecule has 0 aliphatic rings. The molecule has 20 heavy (non-hydrogen) atoms. The maximum absolute atomic E-state index is 11.0. The minimum atomic E-state index is -0.594. The average Bonchev–Trinajstić information content (AvgIpc) is 2.36. The van der Waals surface area contributed by atoms with Crippen molar-refractivity contribution in [2.24, 2.45) is 0 Å². The van der Waals surface area contributed by atoms with Crippen LogP contribution in [-0.2, 0) is 6.61 Å². The van der Waals surface area contributed by atoms with Gasteiger partial charge in [0.15, 0.2) is 0 Å². The van der Waals surface area contributed by atoms with Crippen molar-refractivity contribution >= 4 is 28.9 Å². The van der Waals surface area contributed by atoms with Gasteiger partial charge in [-0.3, -0.25) is 10.1 Å². The van der Waals surface area contributed by atoms with E-state index < -0.39 is 4.92 Å². The Labute approximate surface area is 124 Å². The van der Waals surface area contributed by atoms with Crippen LogP contribution >= 0.6 is 23.2 Å². The van der Waals surface area contributed by atoms with Crippen LogP contribution < -0.4 is 4.74 Å². The van der Waals surface area contributed by atoms with Crippen LogP contribution in [0.25, 0.3) is 0 Å². The molecule has 0 unspecified atom stereocenters. The summed E-state index contributed by atoms with van der Waals surface area (Å²) < 4.78 is 5.37. The van der Waals surface area contributed by atoms with Crippen molar-refractivity contribution in [1.82, 2.24) is 9.97 Å². The lowest BCUT2D eigenvalue weighted by Crippen LogP contribution is -2.04. The normalized spacial score (nSPS) is 10.3. The third kappa shape index (κ3) is 3.34. The number of ether oxygens (including phenoxy) is 1. The Balaban J connectivity index is 2.24. The van der Waals surface area contributed by atoms with Crippen LogP contribution in [0.2, 0.25) is 10.3 Å². The predicted molar refractivity (Wildman–Crippen MR) is 74.2 cm³/mol. The van der Waals surface area contributed by atoms with Crippen LogP contribution in [0, 0.1) is 17.0 Å². The Morgan fingerprint density at radius 3 is 2.50 bits per heavy atom. The minimum absolute atomic E-state index is 0.0980. The van der Waals surface area contributed by atoms with Crippen molar-refractivity contribution in [1.29, 1.82) is 0 Å². The zero-order valence-electron chi connectivity index (χ0n) is 10.3. The Bertz CT molecular complexity index is 647. The molecule has 104 valence electrons. The number of nitrogens with zero attached hydrogens (tertiary/aromatic N) is 3. The SMILES string of the molecule is Cc1nc(Cl)nc(OCc2ccc(Cl)cc2)c1[N+](=O)[O-]. The number of aromatic nitrogens is 2. The van der Waals surface area contributed by atoms with E-state index in [-0.39, 0.29) is 29.2 Å². The first-order valence-corrected chi connectivity index (χ1v) is 6.28. The van der Waals surface area contributed by atoms with Crippen LogP contribution in [0.1, 0.15) is 11.3 Å². The van der Waals surface area contributed by atoms with E-state index in [1.807, 2.05) is 0 Å². The molecule has 0 radical (unpaired) electrons. The van der Waals surface area contributed by atoms with E-state index in [1.54, 1.807) is 24.3 Å². The van der Waals surface area contributed by atoms with Gasteiger partial charge in [0, 0.05) is 5.02 Å². The van der Waals surface area contributed by atoms with Crippen LogP contribution in [0.5, 0.6) is 5.88 Å². The number of benzene rings is 1. The van der Waals surface area contributed by atoms with Crippen molar-refractivity contribution < 1.29 is 9.66 Å². The molecule has 0 atom stereocenters. The Morgan fingerprint density at radius 2 is 1.90 bits per heavy atom. The Hall–Kier alpha value is -1.92. The largest absolute Gasteiger partial charge is 0.468 e. The molecule has 2 rings (SSSR count). The summed E-state index contributed by atoms with van der Waals surface area (Å²) >= 11 is 11.5. The topological polar surface area (TPSA) is 78.2 Å². The van der Waals surface area contributed by atoms with Crippen molar-refractivity contribution in [2.75, 3.05) is 0 Å². The number of hydrogen-bond donors (Lipinski definition) is 0. The first-order valence-electron chi connectivity index (χ1n) is 5.53. The second-order valence-corrected chi connectivity index (χ2v) is 4.68. The van der Waals surface area contributed by atoms with Crippen molar-refractivity contribution in [3.05, 3.63) is 55.9 Å². The second kappa shape index (κ2) is 6.02. The van der Waals surface area contributed by atoms with Gasteiger partial charge in [0.05, 0.1) is 4.92 Å². The van der Waals surface area contributed by atoms with Gasteiger partial charge >= 0.3 is 5.69 Å². The summed E-state index contributed by atoms with van der Waals surface area (Å²) in [6.07, 6.45) is 0. The highest BCUT2D eigenvalue weighted by molar-refractivity contribution is 6.30. The molecule has 0 amide bonds. The molecule has 1 heterocycles. The van der Waals surface area contributed by atoms with E-state index >= 15 is 0 Å². The third-order valence-corrected chi connectivity index (χ3v) is 2.89. The second-order valence-electron chi connectivity index (χ2n) is 3.90. The maximum Gasteiger partial charge on any atom is 0.352 e. The van der Waals surface area contributed by atoms with Gasteiger partial charge in [-0.15, -0.1) is 0 Å². The van der Waals surface area contributed by atoms with Crippen molar-refractivity contribution in [2.45, 2.75) is 13.5 Å². The molecule has 0 spiro atoms. The molecule has 6 nitrogen and oxygen atoms in total. The van der Waals surface area contributed by atoms with E-state index in [2.05, 4.69) is 9.97 Å². The third-order valence-electron chi connectivity index (χ3n) is 2.47. The number of hydrogen-bond acceptors (Lipinski definition) is 5. The van der Waals surface area contributed by atoms with Gasteiger partial charge in [-0.25, -0.2) is 4.98 Å². The van der Waals surface area contributed by atoms with Gasteiger partial charge < -0.3 is 4.74 Å². The quantitative estimate of drug-likeness (QED) is 0.489. The van der Waals surface area contributed by atoms with E-state index in [9.17, 15) is 10.1 Å². The maximum atomic E-state index is 11.0. The minimum Gasteiger partial charge on any atom is -0.468 e. The molecule has 2 aromatic rings. The fourth-order valence-electron chi connectivity index (χ4n) is 1.55. The van der Waals surface area contributed by atoms with Gasteiger partial charge in [-0.2, -0.15) is 4.98 Å². The zero-order valence-corrected chi connectivity index (χ0v) is 11.9. The van der Waals surface area contributed by atoms with Gasteiger partial charge in [0.1, 0.15) is 12.3 Å². The number of aryl methyl sites for hydroxylation is 1. The van der Waals surface area contributed by atoms with Crippen LogP contribution in [0.3, 0.4) is 0 Å². The molecule has 1 aromatic carbocycles. The van der Waals surface area contributed by atoms with Gasteiger partial charge in [0.2, 0.25) is 5.28 Å². The zero-order chi connectivity index (χ0) is 14.7. The summed E-state index contributed by atoms with van der Waals surface area (Å²) in [6, 6.07) is 6.91. The van der Waals surface area contributed by atoms with Crippen LogP contribution in [0.15, 0.2) is 24.3 Å². The summed E-state index contributed by atoms with van der Waals surface area (Å²) in [5.41, 5.74) is 0.667. The Kier molecular flexibility index (Phi) is 4.36. The lowest BCUT2D eigenvalue weighted by Gasteiger charge is -2.07. The summed E-state index contributed by atoms with van der Waals surface area (Å²) in [7, 11) is 0. The molecule has 0 fully saturated rings. The molecular weight excluding hydrogens is 305 g/mol. The highest BCUT2D eigenvalue weighted by Gasteiger charge is 2.23. The molecular formula is C12H9Cl2N3O3. The van der Waals surface area contributed by atoms with E-state index in [0.717, 1.165) is 5.56 Å². The number of nitro groups is 1. The van der Waals surface area contributed by atoms with Gasteiger partial charge in [-0.05, 0) is 36.2 Å². The molecule has 0 saturated carbocycles.